The highest BCUT2D eigenvalue weighted by Gasteiger charge is 2.16. The Morgan fingerprint density at radius 3 is 2.41 bits per heavy atom. The van der Waals surface area contributed by atoms with E-state index in [1.165, 1.54) is 7.11 Å². The van der Waals surface area contributed by atoms with Gasteiger partial charge in [0, 0.05) is 12.1 Å². The number of methoxy groups -OCH3 is 1. The minimum absolute atomic E-state index is 0.0809. The van der Waals surface area contributed by atoms with E-state index in [-0.39, 0.29) is 17.8 Å². The predicted molar refractivity (Wildman–Crippen MR) is 84.6 cm³/mol. The third kappa shape index (κ3) is 6.13. The van der Waals surface area contributed by atoms with Crippen molar-refractivity contribution in [2.75, 3.05) is 19.0 Å². The quantitative estimate of drug-likeness (QED) is 0.566. The molecule has 6 nitrogen and oxygen atoms in total. The van der Waals surface area contributed by atoms with Gasteiger partial charge in [0.1, 0.15) is 5.75 Å². The Kier molecular flexibility index (Phi) is 7.39. The lowest BCUT2D eigenvalue weighted by atomic mass is 10.1. The molecule has 0 aliphatic rings. The van der Waals surface area contributed by atoms with E-state index in [2.05, 4.69) is 10.1 Å². The molecule has 6 heteroatoms. The Labute approximate surface area is 131 Å². The van der Waals surface area contributed by atoms with Crippen LogP contribution in [0.25, 0.3) is 0 Å². The molecule has 0 saturated heterocycles. The van der Waals surface area contributed by atoms with Gasteiger partial charge < -0.3 is 20.5 Å². The monoisotopic (exact) mass is 308 g/mol. The summed E-state index contributed by atoms with van der Waals surface area (Å²) in [6.45, 7) is 4.23. The topological polar surface area (TPSA) is 90.6 Å². The molecular formula is C16H24N2O4. The summed E-state index contributed by atoms with van der Waals surface area (Å²) < 4.78 is 10.0. The molecule has 0 aromatic heterocycles. The van der Waals surface area contributed by atoms with Crippen molar-refractivity contribution in [3.8, 4) is 5.75 Å². The van der Waals surface area contributed by atoms with Crippen LogP contribution in [0.3, 0.4) is 0 Å². The summed E-state index contributed by atoms with van der Waals surface area (Å²) >= 11 is 0. The molecule has 1 aromatic carbocycles. The fourth-order valence-corrected chi connectivity index (χ4v) is 1.67. The molecule has 0 unspecified atom stereocenters. The fraction of sp³-hybridized carbons (Fsp3) is 0.500. The second-order valence-corrected chi connectivity index (χ2v) is 5.31. The lowest BCUT2D eigenvalue weighted by Crippen LogP contribution is -2.39. The average molecular weight is 308 g/mol. The summed E-state index contributed by atoms with van der Waals surface area (Å²) in [7, 11) is 1.36. The number of nitrogens with two attached hydrogens (primary N) is 1. The fourth-order valence-electron chi connectivity index (χ4n) is 1.67. The summed E-state index contributed by atoms with van der Waals surface area (Å²) in [4.78, 5) is 22.8. The third-order valence-electron chi connectivity index (χ3n) is 3.16. The SMILES string of the molecule is COC(=O)CCCOc1ccc(NC(=O)[C@@H](N)C(C)C)cc1. The maximum absolute atomic E-state index is 11.8. The van der Waals surface area contributed by atoms with Crippen LogP contribution in [0.5, 0.6) is 5.75 Å². The van der Waals surface area contributed by atoms with Crippen LogP contribution < -0.4 is 15.8 Å². The molecule has 1 aromatic rings. The number of esters is 1. The first kappa shape index (κ1) is 18.0. The van der Waals surface area contributed by atoms with E-state index in [1.807, 2.05) is 13.8 Å². The lowest BCUT2D eigenvalue weighted by molar-refractivity contribution is -0.140. The average Bonchev–Trinajstić information content (AvgIpc) is 2.51. The first-order chi connectivity index (χ1) is 10.4. The molecule has 0 aliphatic heterocycles. The Bertz CT molecular complexity index is 485. The Hall–Kier alpha value is -2.08. The van der Waals surface area contributed by atoms with Crippen molar-refractivity contribution in [2.24, 2.45) is 11.7 Å². The third-order valence-corrected chi connectivity index (χ3v) is 3.16. The Morgan fingerprint density at radius 2 is 1.86 bits per heavy atom. The van der Waals surface area contributed by atoms with Crippen LogP contribution in [0.1, 0.15) is 26.7 Å². The van der Waals surface area contributed by atoms with Gasteiger partial charge in [0.2, 0.25) is 5.91 Å². The number of carbonyl (C=O) groups excluding carboxylic acids is 2. The van der Waals surface area contributed by atoms with Crippen LogP contribution >= 0.6 is 0 Å². The number of anilines is 1. The van der Waals surface area contributed by atoms with Gasteiger partial charge in [-0.05, 0) is 36.6 Å². The largest absolute Gasteiger partial charge is 0.494 e. The normalized spacial score (nSPS) is 11.9. The Balaban J connectivity index is 2.40. The summed E-state index contributed by atoms with van der Waals surface area (Å²) in [6, 6.07) is 6.49. The Morgan fingerprint density at radius 1 is 1.23 bits per heavy atom. The second-order valence-electron chi connectivity index (χ2n) is 5.31. The van der Waals surface area contributed by atoms with Crippen LogP contribution in [-0.2, 0) is 14.3 Å². The molecule has 0 bridgehead atoms. The van der Waals surface area contributed by atoms with Crippen molar-refractivity contribution < 1.29 is 19.1 Å². The number of carbonyl (C=O) groups is 2. The molecule has 1 rings (SSSR count). The van der Waals surface area contributed by atoms with E-state index in [0.717, 1.165) is 0 Å². The minimum Gasteiger partial charge on any atom is -0.494 e. The number of benzene rings is 1. The molecule has 122 valence electrons. The van der Waals surface area contributed by atoms with Crippen molar-refractivity contribution in [3.63, 3.8) is 0 Å². The first-order valence-electron chi connectivity index (χ1n) is 7.30. The highest BCUT2D eigenvalue weighted by Crippen LogP contribution is 2.16. The van der Waals surface area contributed by atoms with Gasteiger partial charge >= 0.3 is 5.97 Å². The minimum atomic E-state index is -0.533. The van der Waals surface area contributed by atoms with Crippen LogP contribution in [0.2, 0.25) is 0 Å². The number of hydrogen-bond acceptors (Lipinski definition) is 5. The number of ether oxygens (including phenoxy) is 2. The maximum Gasteiger partial charge on any atom is 0.305 e. The summed E-state index contributed by atoms with van der Waals surface area (Å²) in [5, 5.41) is 2.76. The summed E-state index contributed by atoms with van der Waals surface area (Å²) in [5.41, 5.74) is 6.45. The smallest absolute Gasteiger partial charge is 0.305 e. The van der Waals surface area contributed by atoms with Crippen LogP contribution in [0, 0.1) is 5.92 Å². The van der Waals surface area contributed by atoms with Gasteiger partial charge in [0.05, 0.1) is 19.8 Å². The number of hydrogen-bond donors (Lipinski definition) is 2. The predicted octanol–water partition coefficient (Wildman–Crippen LogP) is 1.94. The molecule has 0 spiro atoms. The van der Waals surface area contributed by atoms with E-state index in [4.69, 9.17) is 10.5 Å². The van der Waals surface area contributed by atoms with Crippen LogP contribution in [0.4, 0.5) is 5.69 Å². The van der Waals surface area contributed by atoms with E-state index in [9.17, 15) is 9.59 Å². The van der Waals surface area contributed by atoms with Crippen molar-refractivity contribution in [1.82, 2.24) is 0 Å². The molecule has 0 aliphatic carbocycles. The molecule has 1 atom stereocenters. The zero-order chi connectivity index (χ0) is 16.5. The zero-order valence-electron chi connectivity index (χ0n) is 13.3. The van der Waals surface area contributed by atoms with Gasteiger partial charge in [-0.1, -0.05) is 13.8 Å². The van der Waals surface area contributed by atoms with E-state index in [0.29, 0.717) is 30.9 Å². The van der Waals surface area contributed by atoms with Gasteiger partial charge in [-0.25, -0.2) is 0 Å². The molecule has 3 N–H and O–H groups in total. The lowest BCUT2D eigenvalue weighted by Gasteiger charge is -2.15. The van der Waals surface area contributed by atoms with Gasteiger partial charge in [0.25, 0.3) is 0 Å². The molecule has 22 heavy (non-hydrogen) atoms. The second kappa shape index (κ2) is 9.04. The number of rotatable bonds is 8. The zero-order valence-corrected chi connectivity index (χ0v) is 13.3. The van der Waals surface area contributed by atoms with Gasteiger partial charge in [-0.15, -0.1) is 0 Å². The van der Waals surface area contributed by atoms with Crippen molar-refractivity contribution in [2.45, 2.75) is 32.7 Å². The molecule has 0 radical (unpaired) electrons. The molecular weight excluding hydrogens is 284 g/mol. The van der Waals surface area contributed by atoms with E-state index in [1.54, 1.807) is 24.3 Å². The number of amides is 1. The van der Waals surface area contributed by atoms with Gasteiger partial charge in [-0.3, -0.25) is 9.59 Å². The van der Waals surface area contributed by atoms with Crippen LogP contribution in [-0.4, -0.2) is 31.6 Å². The summed E-state index contributed by atoms with van der Waals surface area (Å²) in [6.07, 6.45) is 0.923. The van der Waals surface area contributed by atoms with Gasteiger partial charge in [0.15, 0.2) is 0 Å². The number of nitrogens with one attached hydrogen (secondary N) is 1. The molecule has 0 saturated carbocycles. The maximum atomic E-state index is 11.8. The van der Waals surface area contributed by atoms with E-state index >= 15 is 0 Å². The van der Waals surface area contributed by atoms with Gasteiger partial charge in [-0.2, -0.15) is 0 Å². The summed E-state index contributed by atoms with van der Waals surface area (Å²) in [5.74, 6) is 0.304. The highest BCUT2D eigenvalue weighted by atomic mass is 16.5. The first-order valence-corrected chi connectivity index (χ1v) is 7.30. The standard InChI is InChI=1S/C16H24N2O4/c1-11(2)15(17)16(20)18-12-6-8-13(9-7-12)22-10-4-5-14(19)21-3/h6-9,11,15H,4-5,10,17H2,1-3H3,(H,18,20)/t15-/m0/s1. The van der Waals surface area contributed by atoms with Crippen LogP contribution in [0.15, 0.2) is 24.3 Å². The van der Waals surface area contributed by atoms with E-state index < -0.39 is 6.04 Å². The molecule has 0 fully saturated rings. The molecule has 1 amide bonds. The van der Waals surface area contributed by atoms with Crippen molar-refractivity contribution >= 4 is 17.6 Å². The van der Waals surface area contributed by atoms with Crippen molar-refractivity contribution in [3.05, 3.63) is 24.3 Å². The highest BCUT2D eigenvalue weighted by molar-refractivity contribution is 5.94. The van der Waals surface area contributed by atoms with Crippen molar-refractivity contribution in [1.29, 1.82) is 0 Å². The molecule has 0 heterocycles.